The van der Waals surface area contributed by atoms with E-state index in [0.29, 0.717) is 28.2 Å². The molecule has 0 N–H and O–H groups in total. The molecule has 2 aromatic heterocycles. The number of rotatable bonds is 4. The van der Waals surface area contributed by atoms with Crippen molar-refractivity contribution in [2.24, 2.45) is 7.05 Å². The molecule has 3 nitrogen and oxygen atoms in total. The molecule has 174 valence electrons. The number of nitrogens with zero attached hydrogens (tertiary/aromatic N) is 2. The minimum absolute atomic E-state index is 0.213. The largest absolute Gasteiger partial charge is 0.455 e. The maximum absolute atomic E-state index is 14.8. The molecule has 0 spiro atoms. The predicted octanol–water partition coefficient (Wildman–Crippen LogP) is 7.70. The lowest BCUT2D eigenvalue weighted by atomic mass is 9.92. The first kappa shape index (κ1) is 22.3. The topological polar surface area (TPSA) is 21.9 Å². The smallest absolute Gasteiger partial charge is 0.297 e. The van der Waals surface area contributed by atoms with E-state index < -0.39 is 11.6 Å². The SMILES string of the molecule is Cc1ccc2c(oc3cc(F)cc(F)c32)c1-c1n(-c2c(C(C)C)cccc2C(C)C)cc[n+]1C. The van der Waals surface area contributed by atoms with Crippen molar-refractivity contribution >= 4 is 21.9 Å². The molecule has 0 amide bonds. The molecule has 5 rings (SSSR count). The van der Waals surface area contributed by atoms with Gasteiger partial charge in [-0.2, -0.15) is 4.57 Å². The lowest BCUT2D eigenvalue weighted by Gasteiger charge is -2.18. The van der Waals surface area contributed by atoms with Crippen molar-refractivity contribution in [2.75, 3.05) is 0 Å². The van der Waals surface area contributed by atoms with Gasteiger partial charge in [-0.25, -0.2) is 13.3 Å². The fraction of sp³-hybridized carbons (Fsp3) is 0.276. The fourth-order valence-electron chi connectivity index (χ4n) is 5.01. The Morgan fingerprint density at radius 3 is 2.26 bits per heavy atom. The Labute approximate surface area is 198 Å². The van der Waals surface area contributed by atoms with Crippen LogP contribution in [0.2, 0.25) is 0 Å². The second-order valence-electron chi connectivity index (χ2n) is 9.69. The molecular weight excluding hydrogens is 430 g/mol. The van der Waals surface area contributed by atoms with E-state index in [-0.39, 0.29) is 5.58 Å². The van der Waals surface area contributed by atoms with E-state index in [1.165, 1.54) is 17.2 Å². The molecular formula is C29H29F2N2O+. The van der Waals surface area contributed by atoms with Gasteiger partial charge in [0.05, 0.1) is 12.4 Å². The molecule has 0 aliphatic carbocycles. The highest BCUT2D eigenvalue weighted by molar-refractivity contribution is 6.09. The predicted molar refractivity (Wildman–Crippen MR) is 132 cm³/mol. The summed E-state index contributed by atoms with van der Waals surface area (Å²) >= 11 is 0. The van der Waals surface area contributed by atoms with Gasteiger partial charge in [-0.15, -0.1) is 0 Å². The van der Waals surface area contributed by atoms with Crippen LogP contribution in [0, 0.1) is 18.6 Å². The number of hydrogen-bond acceptors (Lipinski definition) is 1. The summed E-state index contributed by atoms with van der Waals surface area (Å²) < 4.78 is 39.2. The highest BCUT2D eigenvalue weighted by Crippen LogP contribution is 2.40. The van der Waals surface area contributed by atoms with Crippen LogP contribution < -0.4 is 4.57 Å². The quantitative estimate of drug-likeness (QED) is 0.252. The maximum atomic E-state index is 14.8. The summed E-state index contributed by atoms with van der Waals surface area (Å²) in [5.41, 5.74) is 6.31. The average Bonchev–Trinajstić information content (AvgIpc) is 3.33. The molecule has 3 aromatic carbocycles. The van der Waals surface area contributed by atoms with Gasteiger partial charge < -0.3 is 4.42 Å². The Hall–Kier alpha value is -3.47. The van der Waals surface area contributed by atoms with Crippen LogP contribution in [0.3, 0.4) is 0 Å². The zero-order chi connectivity index (χ0) is 24.3. The van der Waals surface area contributed by atoms with Gasteiger partial charge in [-0.3, -0.25) is 0 Å². The van der Waals surface area contributed by atoms with Crippen LogP contribution in [0.4, 0.5) is 8.78 Å². The molecule has 0 radical (unpaired) electrons. The third-order valence-corrected chi connectivity index (χ3v) is 6.67. The molecule has 0 unspecified atom stereocenters. The second kappa shape index (κ2) is 8.08. The number of benzene rings is 3. The van der Waals surface area contributed by atoms with Crippen LogP contribution in [0.15, 0.2) is 59.3 Å². The van der Waals surface area contributed by atoms with Crippen LogP contribution in [-0.2, 0) is 7.05 Å². The van der Waals surface area contributed by atoms with Crippen molar-refractivity contribution in [1.29, 1.82) is 0 Å². The molecule has 0 saturated carbocycles. The summed E-state index contributed by atoms with van der Waals surface area (Å²) in [6.07, 6.45) is 4.10. The summed E-state index contributed by atoms with van der Waals surface area (Å²) in [6, 6.07) is 12.5. The maximum Gasteiger partial charge on any atom is 0.297 e. The molecule has 0 saturated heterocycles. The summed E-state index contributed by atoms with van der Waals surface area (Å²) in [5.74, 6) is 0.320. The van der Waals surface area contributed by atoms with Gasteiger partial charge >= 0.3 is 0 Å². The summed E-state index contributed by atoms with van der Waals surface area (Å²) in [7, 11) is 2.00. The van der Waals surface area contributed by atoms with Gasteiger partial charge in [-0.1, -0.05) is 58.0 Å². The summed E-state index contributed by atoms with van der Waals surface area (Å²) in [5, 5.41) is 0.950. The van der Waals surface area contributed by atoms with Gasteiger partial charge in [0.1, 0.15) is 40.9 Å². The minimum atomic E-state index is -0.649. The van der Waals surface area contributed by atoms with Crippen molar-refractivity contribution < 1.29 is 17.8 Å². The van der Waals surface area contributed by atoms with Crippen molar-refractivity contribution in [3.05, 3.63) is 83.2 Å². The van der Waals surface area contributed by atoms with E-state index in [2.05, 4.69) is 61.2 Å². The minimum Gasteiger partial charge on any atom is -0.455 e. The number of hydrogen-bond donors (Lipinski definition) is 0. The van der Waals surface area contributed by atoms with Gasteiger partial charge in [-0.05, 0) is 24.3 Å². The van der Waals surface area contributed by atoms with Crippen LogP contribution >= 0.6 is 0 Å². The standard InChI is InChI=1S/C29H29F2N2O/c1-16(2)20-8-7-9-21(17(3)4)27(20)33-13-12-32(6)29(33)25-18(5)10-11-22-26-23(31)14-19(30)15-24(26)34-28(22)25/h7-17H,1-6H3/q+1. The van der Waals surface area contributed by atoms with Crippen molar-refractivity contribution in [2.45, 2.75) is 46.5 Å². The molecule has 0 atom stereocenters. The molecule has 0 aliphatic heterocycles. The normalized spacial score (nSPS) is 12.1. The first-order valence-corrected chi connectivity index (χ1v) is 11.7. The van der Waals surface area contributed by atoms with Gasteiger partial charge in [0.15, 0.2) is 5.58 Å². The van der Waals surface area contributed by atoms with Crippen molar-refractivity contribution in [3.8, 4) is 17.1 Å². The molecule has 0 fully saturated rings. The third kappa shape index (κ3) is 3.33. The van der Waals surface area contributed by atoms with Crippen LogP contribution in [0.5, 0.6) is 0 Å². The number of furan rings is 1. The Kier molecular flexibility index (Phi) is 5.31. The number of imidazole rings is 1. The molecule has 5 aromatic rings. The van der Waals surface area contributed by atoms with Gasteiger partial charge in [0.2, 0.25) is 0 Å². The first-order chi connectivity index (χ1) is 16.2. The number of halogens is 2. The molecule has 34 heavy (non-hydrogen) atoms. The number of aromatic nitrogens is 2. The number of fused-ring (bicyclic) bond motifs is 3. The number of aryl methyl sites for hydroxylation is 2. The van der Waals surface area contributed by atoms with E-state index in [4.69, 9.17) is 4.42 Å². The zero-order valence-electron chi connectivity index (χ0n) is 20.4. The van der Waals surface area contributed by atoms with E-state index >= 15 is 0 Å². The van der Waals surface area contributed by atoms with E-state index in [1.54, 1.807) is 0 Å². The van der Waals surface area contributed by atoms with E-state index in [0.717, 1.165) is 28.7 Å². The molecule has 0 bridgehead atoms. The Morgan fingerprint density at radius 2 is 1.62 bits per heavy atom. The van der Waals surface area contributed by atoms with E-state index in [1.807, 2.05) is 32.3 Å². The van der Waals surface area contributed by atoms with Crippen molar-refractivity contribution in [3.63, 3.8) is 0 Å². The van der Waals surface area contributed by atoms with Gasteiger partial charge in [0.25, 0.3) is 5.82 Å². The highest BCUT2D eigenvalue weighted by Gasteiger charge is 2.30. The average molecular weight is 460 g/mol. The van der Waals surface area contributed by atoms with E-state index in [9.17, 15) is 8.78 Å². The van der Waals surface area contributed by atoms with Crippen LogP contribution in [-0.4, -0.2) is 4.57 Å². The Balaban J connectivity index is 1.90. The number of para-hydroxylation sites is 1. The Bertz CT molecular complexity index is 1530. The lowest BCUT2D eigenvalue weighted by molar-refractivity contribution is -0.659. The first-order valence-electron chi connectivity index (χ1n) is 11.7. The second-order valence-corrected chi connectivity index (χ2v) is 9.69. The van der Waals surface area contributed by atoms with Gasteiger partial charge in [0, 0.05) is 28.6 Å². The highest BCUT2D eigenvalue weighted by atomic mass is 19.1. The summed E-state index contributed by atoms with van der Waals surface area (Å²) in [4.78, 5) is 0. The van der Waals surface area contributed by atoms with Crippen LogP contribution in [0.1, 0.15) is 56.2 Å². The third-order valence-electron chi connectivity index (χ3n) is 6.67. The molecule has 5 heteroatoms. The summed E-state index contributed by atoms with van der Waals surface area (Å²) in [6.45, 7) is 10.8. The molecule has 0 aliphatic rings. The fourth-order valence-corrected chi connectivity index (χ4v) is 5.01. The monoisotopic (exact) mass is 459 g/mol. The zero-order valence-corrected chi connectivity index (χ0v) is 20.4. The lowest BCUT2D eigenvalue weighted by Crippen LogP contribution is -2.29. The molecule has 2 heterocycles. The Morgan fingerprint density at radius 1 is 0.941 bits per heavy atom. The van der Waals surface area contributed by atoms with Crippen molar-refractivity contribution in [1.82, 2.24) is 4.57 Å². The van der Waals surface area contributed by atoms with Crippen LogP contribution in [0.25, 0.3) is 39.0 Å².